The van der Waals surface area contributed by atoms with Gasteiger partial charge in [-0.05, 0) is 37.5 Å². The molecule has 0 radical (unpaired) electrons. The topological polar surface area (TPSA) is 60.9 Å². The molecule has 106 valence electrons. The molecule has 4 heteroatoms. The molecule has 2 aromatic rings. The number of aryl methyl sites for hydroxylation is 2. The fourth-order valence-corrected chi connectivity index (χ4v) is 2.17. The van der Waals surface area contributed by atoms with E-state index in [-0.39, 0.29) is 12.0 Å². The van der Waals surface area contributed by atoms with Crippen LogP contribution in [0.2, 0.25) is 0 Å². The largest absolute Gasteiger partial charge is 0.325 e. The molecule has 0 amide bonds. The predicted octanol–water partition coefficient (Wildman–Crippen LogP) is 2.34. The summed E-state index contributed by atoms with van der Waals surface area (Å²) >= 11 is 0. The summed E-state index contributed by atoms with van der Waals surface area (Å²) < 4.78 is 1.77. The number of benzene rings is 1. The van der Waals surface area contributed by atoms with Crippen molar-refractivity contribution in [3.05, 3.63) is 57.5 Å². The second kappa shape index (κ2) is 6.48. The van der Waals surface area contributed by atoms with E-state index in [1.165, 1.54) is 18.4 Å². The SMILES string of the molecule is CCCCc1ccc(-n2nc(CN)c(=O)cc2C)cc1. The van der Waals surface area contributed by atoms with E-state index >= 15 is 0 Å². The van der Waals surface area contributed by atoms with E-state index in [2.05, 4.69) is 24.2 Å². The van der Waals surface area contributed by atoms with Crippen molar-refractivity contribution in [1.29, 1.82) is 0 Å². The van der Waals surface area contributed by atoms with Gasteiger partial charge in [0, 0.05) is 18.3 Å². The van der Waals surface area contributed by atoms with Gasteiger partial charge in [-0.2, -0.15) is 5.10 Å². The van der Waals surface area contributed by atoms with Crippen LogP contribution in [0.15, 0.2) is 35.1 Å². The van der Waals surface area contributed by atoms with Crippen LogP contribution in [0.25, 0.3) is 5.69 Å². The highest BCUT2D eigenvalue weighted by Gasteiger charge is 2.06. The van der Waals surface area contributed by atoms with Gasteiger partial charge in [-0.15, -0.1) is 0 Å². The third-order valence-corrected chi connectivity index (χ3v) is 3.37. The molecule has 0 unspecified atom stereocenters. The summed E-state index contributed by atoms with van der Waals surface area (Å²) in [6.07, 6.45) is 3.50. The van der Waals surface area contributed by atoms with Crippen LogP contribution in [0, 0.1) is 6.92 Å². The lowest BCUT2D eigenvalue weighted by atomic mass is 10.1. The van der Waals surface area contributed by atoms with Gasteiger partial charge >= 0.3 is 0 Å². The van der Waals surface area contributed by atoms with Crippen molar-refractivity contribution in [1.82, 2.24) is 9.78 Å². The van der Waals surface area contributed by atoms with E-state index in [0.29, 0.717) is 5.69 Å². The van der Waals surface area contributed by atoms with Crippen LogP contribution in [-0.4, -0.2) is 9.78 Å². The zero-order chi connectivity index (χ0) is 14.5. The molecule has 0 saturated heterocycles. The Kier molecular flexibility index (Phi) is 4.69. The van der Waals surface area contributed by atoms with Crippen LogP contribution in [0.1, 0.15) is 36.7 Å². The summed E-state index contributed by atoms with van der Waals surface area (Å²) in [4.78, 5) is 11.7. The lowest BCUT2D eigenvalue weighted by Gasteiger charge is -2.11. The molecule has 0 aliphatic rings. The molecule has 0 aliphatic heterocycles. The highest BCUT2D eigenvalue weighted by molar-refractivity contribution is 5.35. The summed E-state index contributed by atoms with van der Waals surface area (Å²) in [6, 6.07) is 9.89. The van der Waals surface area contributed by atoms with Crippen molar-refractivity contribution < 1.29 is 0 Å². The zero-order valence-corrected chi connectivity index (χ0v) is 12.1. The number of aromatic nitrogens is 2. The average Bonchev–Trinajstić information content (AvgIpc) is 2.46. The highest BCUT2D eigenvalue weighted by atomic mass is 16.1. The second-order valence-electron chi connectivity index (χ2n) is 4.98. The summed E-state index contributed by atoms with van der Waals surface area (Å²) in [5.74, 6) is 0. The standard InChI is InChI=1S/C16H21N3O/c1-3-4-5-13-6-8-14(9-7-13)19-12(2)10-16(20)15(11-17)18-19/h6-10H,3-5,11,17H2,1-2H3. The Hall–Kier alpha value is -1.94. The number of rotatable bonds is 5. The van der Waals surface area contributed by atoms with Crippen molar-refractivity contribution in [2.75, 3.05) is 0 Å². The van der Waals surface area contributed by atoms with Gasteiger partial charge in [-0.1, -0.05) is 25.5 Å². The molecular formula is C16H21N3O. The Balaban J connectivity index is 2.34. The molecule has 1 aromatic carbocycles. The van der Waals surface area contributed by atoms with Crippen molar-refractivity contribution in [3.63, 3.8) is 0 Å². The predicted molar refractivity (Wildman–Crippen MR) is 81.1 cm³/mol. The molecule has 0 bridgehead atoms. The maximum atomic E-state index is 11.7. The molecule has 0 aliphatic carbocycles. The number of unbranched alkanes of at least 4 members (excludes halogenated alkanes) is 1. The summed E-state index contributed by atoms with van der Waals surface area (Å²) in [5.41, 5.74) is 8.95. The smallest absolute Gasteiger partial charge is 0.204 e. The van der Waals surface area contributed by atoms with E-state index in [1.54, 1.807) is 10.7 Å². The molecule has 0 saturated carbocycles. The molecule has 0 atom stereocenters. The fourth-order valence-electron chi connectivity index (χ4n) is 2.17. The monoisotopic (exact) mass is 271 g/mol. The maximum absolute atomic E-state index is 11.7. The first-order valence-electron chi connectivity index (χ1n) is 7.05. The quantitative estimate of drug-likeness (QED) is 0.908. The van der Waals surface area contributed by atoms with E-state index in [9.17, 15) is 4.79 Å². The van der Waals surface area contributed by atoms with Crippen LogP contribution in [0.4, 0.5) is 0 Å². The fraction of sp³-hybridized carbons (Fsp3) is 0.375. The van der Waals surface area contributed by atoms with Crippen molar-refractivity contribution in [2.24, 2.45) is 5.73 Å². The molecule has 2 rings (SSSR count). The first-order chi connectivity index (χ1) is 9.65. The van der Waals surface area contributed by atoms with E-state index in [0.717, 1.165) is 17.8 Å². The van der Waals surface area contributed by atoms with Crippen molar-refractivity contribution >= 4 is 0 Å². The maximum Gasteiger partial charge on any atom is 0.204 e. The minimum absolute atomic E-state index is 0.0965. The van der Waals surface area contributed by atoms with Crippen LogP contribution < -0.4 is 11.2 Å². The molecule has 1 heterocycles. The number of hydrogen-bond donors (Lipinski definition) is 1. The van der Waals surface area contributed by atoms with Crippen LogP contribution in [0.3, 0.4) is 0 Å². The van der Waals surface area contributed by atoms with Gasteiger partial charge in [-0.25, -0.2) is 4.68 Å². The minimum Gasteiger partial charge on any atom is -0.325 e. The number of hydrogen-bond acceptors (Lipinski definition) is 3. The summed E-state index contributed by atoms with van der Waals surface area (Å²) in [5, 5.41) is 4.33. The Morgan fingerprint density at radius 1 is 1.25 bits per heavy atom. The number of nitrogens with two attached hydrogens (primary N) is 1. The number of nitrogens with zero attached hydrogens (tertiary/aromatic N) is 2. The molecule has 0 fully saturated rings. The van der Waals surface area contributed by atoms with Gasteiger partial charge in [0.15, 0.2) is 0 Å². The van der Waals surface area contributed by atoms with E-state index in [4.69, 9.17) is 5.73 Å². The third kappa shape index (κ3) is 3.14. The summed E-state index contributed by atoms with van der Waals surface area (Å²) in [7, 11) is 0. The molecule has 0 spiro atoms. The lowest BCUT2D eigenvalue weighted by Crippen LogP contribution is -2.21. The molecule has 1 aromatic heterocycles. The first kappa shape index (κ1) is 14.5. The van der Waals surface area contributed by atoms with Crippen LogP contribution >= 0.6 is 0 Å². The highest BCUT2D eigenvalue weighted by Crippen LogP contribution is 2.12. The normalized spacial score (nSPS) is 10.8. The average molecular weight is 271 g/mol. The van der Waals surface area contributed by atoms with Crippen molar-refractivity contribution in [3.8, 4) is 5.69 Å². The van der Waals surface area contributed by atoms with Gasteiger partial charge in [0.2, 0.25) is 5.43 Å². The Bertz CT molecular complexity index is 629. The van der Waals surface area contributed by atoms with Gasteiger partial charge in [-0.3, -0.25) is 4.79 Å². The second-order valence-corrected chi connectivity index (χ2v) is 4.98. The first-order valence-corrected chi connectivity index (χ1v) is 7.05. The third-order valence-electron chi connectivity index (χ3n) is 3.37. The van der Waals surface area contributed by atoms with Crippen LogP contribution in [0.5, 0.6) is 0 Å². The minimum atomic E-state index is -0.0965. The molecule has 20 heavy (non-hydrogen) atoms. The van der Waals surface area contributed by atoms with Gasteiger partial charge in [0.05, 0.1) is 5.69 Å². The lowest BCUT2D eigenvalue weighted by molar-refractivity contribution is 0.749. The Morgan fingerprint density at radius 2 is 1.95 bits per heavy atom. The molecule has 4 nitrogen and oxygen atoms in total. The van der Waals surface area contributed by atoms with Gasteiger partial charge in [0.1, 0.15) is 5.69 Å². The van der Waals surface area contributed by atoms with Gasteiger partial charge < -0.3 is 5.73 Å². The molecule has 2 N–H and O–H groups in total. The van der Waals surface area contributed by atoms with Crippen molar-refractivity contribution in [2.45, 2.75) is 39.7 Å². The van der Waals surface area contributed by atoms with Gasteiger partial charge in [0.25, 0.3) is 0 Å². The zero-order valence-electron chi connectivity index (χ0n) is 12.1. The summed E-state index contributed by atoms with van der Waals surface area (Å²) in [6.45, 7) is 4.23. The Labute approximate surface area is 119 Å². The van der Waals surface area contributed by atoms with E-state index < -0.39 is 0 Å². The van der Waals surface area contributed by atoms with E-state index in [1.807, 2.05) is 19.1 Å². The molecular weight excluding hydrogens is 250 g/mol. The Morgan fingerprint density at radius 3 is 2.55 bits per heavy atom. The van der Waals surface area contributed by atoms with Crippen LogP contribution in [-0.2, 0) is 13.0 Å².